The molecule has 1 fully saturated rings. The van der Waals surface area contributed by atoms with Gasteiger partial charge in [0, 0.05) is 25.3 Å². The normalized spacial score (nSPS) is 20.2. The van der Waals surface area contributed by atoms with Crippen LogP contribution in [-0.4, -0.2) is 54.0 Å². The fourth-order valence-electron chi connectivity index (χ4n) is 2.54. The second-order valence-corrected chi connectivity index (χ2v) is 5.25. The number of phenolic OH excluding ortho intramolecular Hbond substituents is 1. The Labute approximate surface area is 113 Å². The van der Waals surface area contributed by atoms with Crippen molar-refractivity contribution in [3.05, 3.63) is 23.8 Å². The first-order chi connectivity index (χ1) is 8.99. The van der Waals surface area contributed by atoms with Crippen molar-refractivity contribution < 1.29 is 9.90 Å². The summed E-state index contributed by atoms with van der Waals surface area (Å²) in [5.74, 6) is -0.0691. The lowest BCUT2D eigenvalue weighted by Gasteiger charge is -2.36. The summed E-state index contributed by atoms with van der Waals surface area (Å²) in [6.45, 7) is 1.95. The number of nitrogen functional groups attached to an aromatic ring is 1. The molecule has 0 saturated carbocycles. The number of anilines is 1. The van der Waals surface area contributed by atoms with E-state index in [-0.39, 0.29) is 17.7 Å². The average molecular weight is 263 g/mol. The molecule has 1 aromatic carbocycles. The van der Waals surface area contributed by atoms with Gasteiger partial charge in [0.25, 0.3) is 5.91 Å². The lowest BCUT2D eigenvalue weighted by Crippen LogP contribution is -2.47. The summed E-state index contributed by atoms with van der Waals surface area (Å²) in [6, 6.07) is 4.68. The third-order valence-electron chi connectivity index (χ3n) is 3.73. The van der Waals surface area contributed by atoms with Crippen LogP contribution in [0.3, 0.4) is 0 Å². The summed E-state index contributed by atoms with van der Waals surface area (Å²) in [7, 11) is 3.86. The van der Waals surface area contributed by atoms with Crippen LogP contribution in [0.15, 0.2) is 18.2 Å². The Morgan fingerprint density at radius 1 is 1.53 bits per heavy atom. The molecule has 104 valence electrons. The number of hydrogen-bond acceptors (Lipinski definition) is 4. The third kappa shape index (κ3) is 2.98. The molecule has 0 aromatic heterocycles. The number of likely N-dealkylation sites (N-methyl/N-ethyl adjacent to an activating group) is 2. The van der Waals surface area contributed by atoms with Crippen LogP contribution in [0.25, 0.3) is 0 Å². The van der Waals surface area contributed by atoms with Gasteiger partial charge in [-0.15, -0.1) is 0 Å². The molecular formula is C14H21N3O2. The number of aromatic hydroxyl groups is 1. The molecule has 1 aliphatic heterocycles. The maximum Gasteiger partial charge on any atom is 0.256 e. The van der Waals surface area contributed by atoms with Crippen LogP contribution in [0, 0.1) is 0 Å². The SMILES string of the molecule is CN1CCCC(N(C)C(=O)c2cc(O)ccc2N)C1. The largest absolute Gasteiger partial charge is 0.508 e. The number of rotatable bonds is 2. The zero-order valence-electron chi connectivity index (χ0n) is 11.5. The predicted octanol–water partition coefficient (Wildman–Crippen LogP) is 1.14. The van der Waals surface area contributed by atoms with Gasteiger partial charge in [0.2, 0.25) is 0 Å². The van der Waals surface area contributed by atoms with Gasteiger partial charge in [-0.3, -0.25) is 4.79 Å². The van der Waals surface area contributed by atoms with E-state index >= 15 is 0 Å². The molecule has 1 amide bonds. The van der Waals surface area contributed by atoms with Crippen molar-refractivity contribution in [2.45, 2.75) is 18.9 Å². The molecule has 1 aromatic rings. The van der Waals surface area contributed by atoms with E-state index in [1.807, 2.05) is 0 Å². The zero-order valence-corrected chi connectivity index (χ0v) is 11.5. The van der Waals surface area contributed by atoms with Gasteiger partial charge in [-0.2, -0.15) is 0 Å². The number of phenols is 1. The standard InChI is InChI=1S/C14H21N3O2/c1-16-7-3-4-10(9-16)17(2)14(19)12-8-11(18)5-6-13(12)15/h5-6,8,10,18H,3-4,7,9,15H2,1-2H3. The number of carbonyl (C=O) groups excluding carboxylic acids is 1. The quantitative estimate of drug-likeness (QED) is 0.620. The van der Waals surface area contributed by atoms with E-state index in [1.165, 1.54) is 12.1 Å². The highest BCUT2D eigenvalue weighted by molar-refractivity contribution is 5.99. The summed E-state index contributed by atoms with van der Waals surface area (Å²) in [6.07, 6.45) is 2.10. The van der Waals surface area contributed by atoms with Crippen LogP contribution in [0.2, 0.25) is 0 Å². The number of amides is 1. The molecule has 3 N–H and O–H groups in total. The number of nitrogens with two attached hydrogens (primary N) is 1. The van der Waals surface area contributed by atoms with Crippen LogP contribution < -0.4 is 5.73 Å². The minimum absolute atomic E-state index is 0.0618. The van der Waals surface area contributed by atoms with E-state index in [0.717, 1.165) is 25.9 Å². The smallest absolute Gasteiger partial charge is 0.256 e. The van der Waals surface area contributed by atoms with Gasteiger partial charge in [0.1, 0.15) is 5.75 Å². The lowest BCUT2D eigenvalue weighted by molar-refractivity contribution is 0.0644. The number of hydrogen-bond donors (Lipinski definition) is 2. The highest BCUT2D eigenvalue weighted by atomic mass is 16.3. The molecule has 5 heteroatoms. The highest BCUT2D eigenvalue weighted by Gasteiger charge is 2.26. The minimum atomic E-state index is -0.131. The Hall–Kier alpha value is -1.75. The van der Waals surface area contributed by atoms with Gasteiger partial charge < -0.3 is 20.6 Å². The van der Waals surface area contributed by atoms with Gasteiger partial charge in [-0.25, -0.2) is 0 Å². The first kappa shape index (κ1) is 13.7. The number of benzene rings is 1. The molecular weight excluding hydrogens is 242 g/mol. The fourth-order valence-corrected chi connectivity index (χ4v) is 2.54. The molecule has 1 saturated heterocycles. The second kappa shape index (κ2) is 5.48. The third-order valence-corrected chi connectivity index (χ3v) is 3.73. The number of likely N-dealkylation sites (tertiary alicyclic amines) is 1. The molecule has 1 aliphatic rings. The van der Waals surface area contributed by atoms with Gasteiger partial charge >= 0.3 is 0 Å². The van der Waals surface area contributed by atoms with Crippen LogP contribution in [0.5, 0.6) is 5.75 Å². The molecule has 0 aliphatic carbocycles. The van der Waals surface area contributed by atoms with Gasteiger partial charge in [-0.05, 0) is 44.6 Å². The monoisotopic (exact) mass is 263 g/mol. The summed E-state index contributed by atoms with van der Waals surface area (Å²) >= 11 is 0. The zero-order chi connectivity index (χ0) is 14.0. The van der Waals surface area contributed by atoms with Crippen LogP contribution in [-0.2, 0) is 0 Å². The Bertz CT molecular complexity index is 476. The molecule has 2 rings (SSSR count). The first-order valence-electron chi connectivity index (χ1n) is 6.53. The molecule has 1 atom stereocenters. The van der Waals surface area contributed by atoms with Crippen LogP contribution >= 0.6 is 0 Å². The van der Waals surface area contributed by atoms with Crippen molar-refractivity contribution in [2.75, 3.05) is 32.9 Å². The van der Waals surface area contributed by atoms with Crippen molar-refractivity contribution in [3.8, 4) is 5.75 Å². The van der Waals surface area contributed by atoms with Crippen LogP contribution in [0.1, 0.15) is 23.2 Å². The van der Waals surface area contributed by atoms with E-state index in [0.29, 0.717) is 11.3 Å². The number of piperidine rings is 1. The highest BCUT2D eigenvalue weighted by Crippen LogP contribution is 2.22. The lowest BCUT2D eigenvalue weighted by atomic mass is 10.0. The van der Waals surface area contributed by atoms with Gasteiger partial charge in [0.05, 0.1) is 5.56 Å². The van der Waals surface area contributed by atoms with E-state index in [9.17, 15) is 9.90 Å². The predicted molar refractivity (Wildman–Crippen MR) is 75.1 cm³/mol. The Balaban J connectivity index is 2.16. The van der Waals surface area contributed by atoms with Crippen molar-refractivity contribution in [2.24, 2.45) is 0 Å². The van der Waals surface area contributed by atoms with E-state index < -0.39 is 0 Å². The Morgan fingerprint density at radius 3 is 2.95 bits per heavy atom. The van der Waals surface area contributed by atoms with E-state index in [1.54, 1.807) is 18.0 Å². The second-order valence-electron chi connectivity index (χ2n) is 5.25. The topological polar surface area (TPSA) is 69.8 Å². The van der Waals surface area contributed by atoms with Crippen molar-refractivity contribution in [3.63, 3.8) is 0 Å². The van der Waals surface area contributed by atoms with Crippen LogP contribution in [0.4, 0.5) is 5.69 Å². The Kier molecular flexibility index (Phi) is 3.95. The summed E-state index contributed by atoms with van der Waals surface area (Å²) < 4.78 is 0. The van der Waals surface area contributed by atoms with Gasteiger partial charge in [0.15, 0.2) is 0 Å². The maximum atomic E-state index is 12.4. The van der Waals surface area contributed by atoms with E-state index in [2.05, 4.69) is 11.9 Å². The number of nitrogens with zero attached hydrogens (tertiary/aromatic N) is 2. The molecule has 1 heterocycles. The summed E-state index contributed by atoms with van der Waals surface area (Å²) in [5, 5.41) is 9.49. The van der Waals surface area contributed by atoms with E-state index in [4.69, 9.17) is 5.73 Å². The summed E-state index contributed by atoms with van der Waals surface area (Å²) in [5.41, 5.74) is 6.59. The molecule has 0 bridgehead atoms. The molecule has 1 unspecified atom stereocenters. The maximum absolute atomic E-state index is 12.4. The minimum Gasteiger partial charge on any atom is -0.508 e. The Morgan fingerprint density at radius 2 is 2.26 bits per heavy atom. The van der Waals surface area contributed by atoms with Crippen molar-refractivity contribution in [1.82, 2.24) is 9.80 Å². The molecule has 5 nitrogen and oxygen atoms in total. The van der Waals surface area contributed by atoms with Gasteiger partial charge in [-0.1, -0.05) is 0 Å². The summed E-state index contributed by atoms with van der Waals surface area (Å²) in [4.78, 5) is 16.4. The molecule has 19 heavy (non-hydrogen) atoms. The number of carbonyl (C=O) groups is 1. The molecule has 0 spiro atoms. The first-order valence-corrected chi connectivity index (χ1v) is 6.53. The fraction of sp³-hybridized carbons (Fsp3) is 0.500. The molecule has 0 radical (unpaired) electrons. The van der Waals surface area contributed by atoms with Crippen molar-refractivity contribution >= 4 is 11.6 Å². The average Bonchev–Trinajstić information content (AvgIpc) is 2.40. The van der Waals surface area contributed by atoms with Crippen molar-refractivity contribution in [1.29, 1.82) is 0 Å².